The Morgan fingerprint density at radius 3 is 1.78 bits per heavy atom. The quantitative estimate of drug-likeness (QED) is 0.563. The van der Waals surface area contributed by atoms with Crippen molar-refractivity contribution >= 4 is 21.5 Å². The number of rotatable bonds is 0. The summed E-state index contributed by atoms with van der Waals surface area (Å²) in [7, 11) is 0. The first-order chi connectivity index (χ1) is 10.6. The molecule has 120 valence electrons. The van der Waals surface area contributed by atoms with E-state index >= 15 is 0 Å². The number of fused-ring (bicyclic) bond motifs is 2. The van der Waals surface area contributed by atoms with E-state index in [0.717, 1.165) is 16.2 Å². The van der Waals surface area contributed by atoms with Crippen LogP contribution in [0.1, 0.15) is 52.7 Å². The van der Waals surface area contributed by atoms with Gasteiger partial charge < -0.3 is 4.98 Å². The molecule has 1 heterocycles. The van der Waals surface area contributed by atoms with Gasteiger partial charge in [0.25, 0.3) is 5.56 Å². The average molecular weight is 307 g/mol. The van der Waals surface area contributed by atoms with E-state index in [9.17, 15) is 4.79 Å². The van der Waals surface area contributed by atoms with Gasteiger partial charge in [0, 0.05) is 11.6 Å². The van der Waals surface area contributed by atoms with Gasteiger partial charge in [-0.1, -0.05) is 53.7 Å². The summed E-state index contributed by atoms with van der Waals surface area (Å²) in [4.78, 5) is 14.8. The molecule has 0 saturated heterocycles. The Hall–Kier alpha value is -2.09. The number of aromatic amines is 1. The summed E-state index contributed by atoms with van der Waals surface area (Å²) < 4.78 is 0. The zero-order chi connectivity index (χ0) is 17.0. The van der Waals surface area contributed by atoms with Crippen molar-refractivity contribution in [1.82, 2.24) is 4.98 Å². The van der Waals surface area contributed by atoms with Gasteiger partial charge in [-0.05, 0) is 56.3 Å². The molecule has 2 aromatic carbocycles. The van der Waals surface area contributed by atoms with Gasteiger partial charge in [-0.3, -0.25) is 4.79 Å². The van der Waals surface area contributed by atoms with Crippen molar-refractivity contribution in [3.05, 3.63) is 58.0 Å². The van der Waals surface area contributed by atoms with Crippen molar-refractivity contribution in [2.75, 3.05) is 0 Å². The highest BCUT2D eigenvalue weighted by Crippen LogP contribution is 2.37. The third-order valence-corrected chi connectivity index (χ3v) is 4.48. The van der Waals surface area contributed by atoms with Gasteiger partial charge in [0.1, 0.15) is 0 Å². The molecule has 3 aromatic rings. The van der Waals surface area contributed by atoms with Crippen LogP contribution in [0.15, 0.2) is 41.3 Å². The predicted octanol–water partition coefficient (Wildman–Crippen LogP) is 5.28. The Bertz CT molecular complexity index is 950. The maximum atomic E-state index is 12.1. The topological polar surface area (TPSA) is 32.9 Å². The van der Waals surface area contributed by atoms with Gasteiger partial charge in [0.15, 0.2) is 0 Å². The SMILES string of the molecule is CC(C)(C)c1cc2cc3cc[nH]c(=O)c3cc2cc1C(C)(C)C. The van der Waals surface area contributed by atoms with Crippen molar-refractivity contribution in [3.63, 3.8) is 0 Å². The molecule has 0 atom stereocenters. The molecule has 0 bridgehead atoms. The second kappa shape index (κ2) is 4.95. The highest BCUT2D eigenvalue weighted by atomic mass is 16.1. The van der Waals surface area contributed by atoms with E-state index in [4.69, 9.17) is 0 Å². The molecule has 2 heteroatoms. The molecule has 2 nitrogen and oxygen atoms in total. The van der Waals surface area contributed by atoms with E-state index in [1.165, 1.54) is 16.5 Å². The van der Waals surface area contributed by atoms with E-state index in [-0.39, 0.29) is 16.4 Å². The van der Waals surface area contributed by atoms with Gasteiger partial charge in [0.2, 0.25) is 0 Å². The molecule has 1 N–H and O–H groups in total. The van der Waals surface area contributed by atoms with E-state index in [1.807, 2.05) is 12.1 Å². The molecule has 0 unspecified atom stereocenters. The number of pyridine rings is 1. The first-order valence-corrected chi connectivity index (χ1v) is 8.17. The molecule has 0 radical (unpaired) electrons. The number of nitrogens with one attached hydrogen (secondary N) is 1. The third-order valence-electron chi connectivity index (χ3n) is 4.48. The molecule has 23 heavy (non-hydrogen) atoms. The molecule has 0 aliphatic carbocycles. The maximum Gasteiger partial charge on any atom is 0.255 e. The van der Waals surface area contributed by atoms with E-state index in [1.54, 1.807) is 6.20 Å². The summed E-state index contributed by atoms with van der Waals surface area (Å²) in [6, 6.07) is 10.7. The predicted molar refractivity (Wildman–Crippen MR) is 99.5 cm³/mol. The van der Waals surface area contributed by atoms with Crippen LogP contribution in [0.4, 0.5) is 0 Å². The van der Waals surface area contributed by atoms with E-state index < -0.39 is 0 Å². The molecule has 3 rings (SSSR count). The van der Waals surface area contributed by atoms with Gasteiger partial charge in [-0.2, -0.15) is 0 Å². The molecular formula is C21H25NO. The van der Waals surface area contributed by atoms with Crippen molar-refractivity contribution in [1.29, 1.82) is 0 Å². The zero-order valence-electron chi connectivity index (χ0n) is 14.9. The fraction of sp³-hybridized carbons (Fsp3) is 0.381. The smallest absolute Gasteiger partial charge is 0.255 e. The summed E-state index contributed by atoms with van der Waals surface area (Å²) in [6.07, 6.45) is 1.71. The highest BCUT2D eigenvalue weighted by Gasteiger charge is 2.25. The molecule has 0 aliphatic heterocycles. The van der Waals surface area contributed by atoms with Crippen LogP contribution in [0.25, 0.3) is 21.5 Å². The molecule has 1 aromatic heterocycles. The number of benzene rings is 2. The monoisotopic (exact) mass is 307 g/mol. The Kier molecular flexibility index (Phi) is 3.40. The zero-order valence-corrected chi connectivity index (χ0v) is 14.9. The lowest BCUT2D eigenvalue weighted by molar-refractivity contribution is 0.531. The Morgan fingerprint density at radius 2 is 1.26 bits per heavy atom. The normalized spacial score (nSPS) is 13.0. The van der Waals surface area contributed by atoms with Gasteiger partial charge in [-0.25, -0.2) is 0 Å². The molecule has 0 saturated carbocycles. The maximum absolute atomic E-state index is 12.1. The number of H-pyrrole nitrogens is 1. The lowest BCUT2D eigenvalue weighted by atomic mass is 9.74. The highest BCUT2D eigenvalue weighted by molar-refractivity contribution is 5.98. The minimum atomic E-state index is -0.0263. The lowest BCUT2D eigenvalue weighted by Gasteiger charge is -2.30. The van der Waals surface area contributed by atoms with Crippen molar-refractivity contribution < 1.29 is 0 Å². The summed E-state index contributed by atoms with van der Waals surface area (Å²) >= 11 is 0. The summed E-state index contributed by atoms with van der Waals surface area (Å²) in [6.45, 7) is 13.5. The van der Waals surface area contributed by atoms with Crippen LogP contribution in [0, 0.1) is 0 Å². The number of hydrogen-bond donors (Lipinski definition) is 1. The number of hydrogen-bond acceptors (Lipinski definition) is 1. The van der Waals surface area contributed by atoms with Crippen LogP contribution in [0.2, 0.25) is 0 Å². The fourth-order valence-electron chi connectivity index (χ4n) is 3.23. The third kappa shape index (κ3) is 2.78. The second-order valence-electron chi connectivity index (χ2n) is 8.49. The molecule has 0 amide bonds. The molecule has 0 spiro atoms. The Morgan fingerprint density at radius 1 is 0.739 bits per heavy atom. The van der Waals surface area contributed by atoms with Crippen LogP contribution in [0.5, 0.6) is 0 Å². The van der Waals surface area contributed by atoms with Crippen molar-refractivity contribution in [2.45, 2.75) is 52.4 Å². The molecular weight excluding hydrogens is 282 g/mol. The van der Waals surface area contributed by atoms with E-state index in [2.05, 4.69) is 64.7 Å². The minimum Gasteiger partial charge on any atom is -0.329 e. The molecule has 0 fully saturated rings. The first kappa shape index (κ1) is 15.8. The van der Waals surface area contributed by atoms with Crippen LogP contribution in [-0.2, 0) is 10.8 Å². The Balaban J connectivity index is 2.44. The standard InChI is InChI=1S/C21H25NO/c1-20(2,3)17-11-14-9-13-7-8-22-19(23)16(13)10-15(14)12-18(17)21(4,5)6/h7-12H,1-6H3,(H,22,23). The minimum absolute atomic E-state index is 0.0263. The Labute approximate surface area is 137 Å². The van der Waals surface area contributed by atoms with Crippen molar-refractivity contribution in [3.8, 4) is 0 Å². The lowest BCUT2D eigenvalue weighted by Crippen LogP contribution is -2.21. The summed E-state index contributed by atoms with van der Waals surface area (Å²) in [5, 5.41) is 4.07. The van der Waals surface area contributed by atoms with E-state index in [0.29, 0.717) is 0 Å². The molecule has 0 aliphatic rings. The van der Waals surface area contributed by atoms with Crippen LogP contribution in [-0.4, -0.2) is 4.98 Å². The van der Waals surface area contributed by atoms with Crippen molar-refractivity contribution in [2.24, 2.45) is 0 Å². The fourth-order valence-corrected chi connectivity index (χ4v) is 3.23. The second-order valence-corrected chi connectivity index (χ2v) is 8.49. The largest absolute Gasteiger partial charge is 0.329 e. The average Bonchev–Trinajstić information content (AvgIpc) is 2.42. The van der Waals surface area contributed by atoms with Gasteiger partial charge in [-0.15, -0.1) is 0 Å². The summed E-state index contributed by atoms with van der Waals surface area (Å²) in [5.74, 6) is 0. The number of aromatic nitrogens is 1. The van der Waals surface area contributed by atoms with Crippen LogP contribution < -0.4 is 5.56 Å². The first-order valence-electron chi connectivity index (χ1n) is 8.17. The van der Waals surface area contributed by atoms with Gasteiger partial charge >= 0.3 is 0 Å². The van der Waals surface area contributed by atoms with Crippen LogP contribution in [0.3, 0.4) is 0 Å². The van der Waals surface area contributed by atoms with Crippen LogP contribution >= 0.6 is 0 Å². The summed E-state index contributed by atoms with van der Waals surface area (Å²) in [5.41, 5.74) is 2.85. The van der Waals surface area contributed by atoms with Gasteiger partial charge in [0.05, 0.1) is 0 Å².